The van der Waals surface area contributed by atoms with Gasteiger partial charge in [-0.25, -0.2) is 0 Å². The summed E-state index contributed by atoms with van der Waals surface area (Å²) in [6.07, 6.45) is 6.44. The molecular formula is C61H39N5. The van der Waals surface area contributed by atoms with Gasteiger partial charge >= 0.3 is 0 Å². The number of benzene rings is 9. The number of aryl methyl sites for hydroxylation is 1. The van der Waals surface area contributed by atoms with E-state index in [0.717, 1.165) is 90.8 Å². The molecule has 13 aromatic rings. The van der Waals surface area contributed by atoms with Gasteiger partial charge in [-0.3, -0.25) is 0 Å². The van der Waals surface area contributed by atoms with Gasteiger partial charge in [-0.1, -0.05) is 127 Å². The van der Waals surface area contributed by atoms with Gasteiger partial charge in [-0.15, -0.1) is 0 Å². The van der Waals surface area contributed by atoms with Crippen molar-refractivity contribution in [1.29, 1.82) is 5.26 Å². The van der Waals surface area contributed by atoms with E-state index in [1.54, 1.807) is 0 Å². The van der Waals surface area contributed by atoms with Crippen molar-refractivity contribution in [1.82, 2.24) is 18.3 Å². The van der Waals surface area contributed by atoms with Crippen LogP contribution < -0.4 is 0 Å². The number of aromatic nitrogens is 4. The van der Waals surface area contributed by atoms with Crippen molar-refractivity contribution in [2.75, 3.05) is 0 Å². The summed E-state index contributed by atoms with van der Waals surface area (Å²) in [6.45, 7) is 0. The molecule has 0 unspecified atom stereocenters. The molecule has 1 aliphatic rings. The molecule has 0 saturated carbocycles. The minimum atomic E-state index is 0.620. The van der Waals surface area contributed by atoms with E-state index in [4.69, 9.17) is 0 Å². The normalized spacial score (nSPS) is 12.7. The van der Waals surface area contributed by atoms with Crippen molar-refractivity contribution in [3.05, 3.63) is 223 Å². The molecule has 0 amide bonds. The number of rotatable bonds is 5. The Labute approximate surface area is 380 Å². The van der Waals surface area contributed by atoms with Crippen molar-refractivity contribution >= 4 is 82.4 Å². The molecule has 0 atom stereocenters. The zero-order valence-electron chi connectivity index (χ0n) is 35.9. The molecule has 5 nitrogen and oxygen atoms in total. The first-order chi connectivity index (χ1) is 32.7. The van der Waals surface area contributed by atoms with Gasteiger partial charge in [0, 0.05) is 54.8 Å². The van der Waals surface area contributed by atoms with E-state index in [1.165, 1.54) is 43.5 Å². The predicted molar refractivity (Wildman–Crippen MR) is 274 cm³/mol. The average Bonchev–Trinajstić information content (AvgIpc) is 4.10. The van der Waals surface area contributed by atoms with Crippen LogP contribution in [0.4, 0.5) is 0 Å². The summed E-state index contributed by atoms with van der Waals surface area (Å²) >= 11 is 0. The first kappa shape index (κ1) is 36.6. The van der Waals surface area contributed by atoms with Crippen LogP contribution in [-0.2, 0) is 6.42 Å². The standard InChI is InChI=1S/C61H39N5/c62-38-51-56(65-54-30-16-12-26-45(54)49-34-58-47(36-60(49)65)43-24-10-14-28-52(43)63(58)41-20-6-2-7-21-41)32-40(39-18-4-1-5-19-39)33-57(51)66-55-31-17-13-27-46(55)50-35-59-48(37-61(50)66)44-25-11-15-29-53(44)64(59)42-22-8-3-9-23-42/h1-12,14-26,28-37H,13,27H2. The third-order valence-electron chi connectivity index (χ3n) is 14.0. The number of hydrogen-bond acceptors (Lipinski definition) is 1. The molecule has 308 valence electrons. The van der Waals surface area contributed by atoms with E-state index >= 15 is 0 Å². The molecule has 0 bridgehead atoms. The highest BCUT2D eigenvalue weighted by molar-refractivity contribution is 6.19. The van der Waals surface area contributed by atoms with Crippen LogP contribution in [0.1, 0.15) is 23.2 Å². The van der Waals surface area contributed by atoms with Crippen LogP contribution in [0.15, 0.2) is 206 Å². The fourth-order valence-electron chi connectivity index (χ4n) is 11.2. The highest BCUT2D eigenvalue weighted by Gasteiger charge is 2.27. The smallest absolute Gasteiger partial charge is 0.104 e. The van der Waals surface area contributed by atoms with Gasteiger partial charge < -0.3 is 18.3 Å². The number of hydrogen-bond donors (Lipinski definition) is 0. The maximum Gasteiger partial charge on any atom is 0.104 e. The van der Waals surface area contributed by atoms with Crippen molar-refractivity contribution in [3.63, 3.8) is 0 Å². The van der Waals surface area contributed by atoms with Crippen LogP contribution in [0.2, 0.25) is 0 Å². The topological polar surface area (TPSA) is 43.5 Å². The molecule has 0 fully saturated rings. The van der Waals surface area contributed by atoms with Gasteiger partial charge in [0.25, 0.3) is 0 Å². The summed E-state index contributed by atoms with van der Waals surface area (Å²) in [7, 11) is 0. The maximum atomic E-state index is 11.8. The lowest BCUT2D eigenvalue weighted by atomic mass is 9.99. The van der Waals surface area contributed by atoms with Crippen LogP contribution in [0.25, 0.3) is 116 Å². The highest BCUT2D eigenvalue weighted by Crippen LogP contribution is 2.45. The van der Waals surface area contributed by atoms with E-state index in [0.29, 0.717) is 5.56 Å². The van der Waals surface area contributed by atoms with E-state index in [9.17, 15) is 5.26 Å². The van der Waals surface area contributed by atoms with Crippen LogP contribution in [-0.4, -0.2) is 18.3 Å². The molecule has 9 aromatic carbocycles. The van der Waals surface area contributed by atoms with Crippen LogP contribution >= 0.6 is 0 Å². The second-order valence-electron chi connectivity index (χ2n) is 17.5. The molecule has 0 N–H and O–H groups in total. The van der Waals surface area contributed by atoms with Gasteiger partial charge in [0.1, 0.15) is 11.6 Å². The van der Waals surface area contributed by atoms with Gasteiger partial charge in [0.15, 0.2) is 0 Å². The van der Waals surface area contributed by atoms with Crippen molar-refractivity contribution in [3.8, 4) is 39.9 Å². The minimum Gasteiger partial charge on any atom is -0.309 e. The maximum absolute atomic E-state index is 11.8. The van der Waals surface area contributed by atoms with E-state index in [-0.39, 0.29) is 0 Å². The van der Waals surface area contributed by atoms with Gasteiger partial charge in [0.05, 0.1) is 50.0 Å². The summed E-state index contributed by atoms with van der Waals surface area (Å²) in [5.41, 5.74) is 17.0. The largest absolute Gasteiger partial charge is 0.309 e. The average molecular weight is 842 g/mol. The predicted octanol–water partition coefficient (Wildman–Crippen LogP) is 15.4. The lowest BCUT2D eigenvalue weighted by Gasteiger charge is -2.19. The zero-order chi connectivity index (χ0) is 43.5. The lowest BCUT2D eigenvalue weighted by molar-refractivity contribution is 0.965. The molecule has 14 rings (SSSR count). The molecular weight excluding hydrogens is 803 g/mol. The second kappa shape index (κ2) is 14.1. The molecule has 4 heterocycles. The van der Waals surface area contributed by atoms with Crippen molar-refractivity contribution in [2.45, 2.75) is 12.8 Å². The quantitative estimate of drug-likeness (QED) is 0.170. The molecule has 66 heavy (non-hydrogen) atoms. The Hall–Kier alpha value is -8.85. The highest BCUT2D eigenvalue weighted by atomic mass is 15.0. The van der Waals surface area contributed by atoms with Gasteiger partial charge in [-0.2, -0.15) is 5.26 Å². The Balaban J connectivity index is 1.11. The monoisotopic (exact) mass is 841 g/mol. The Kier molecular flexibility index (Phi) is 7.81. The molecule has 0 radical (unpaired) electrons. The molecule has 4 aromatic heterocycles. The number of para-hydroxylation sites is 5. The second-order valence-corrected chi connectivity index (χ2v) is 17.5. The molecule has 0 aliphatic heterocycles. The summed E-state index contributed by atoms with van der Waals surface area (Å²) in [5.74, 6) is 0. The SMILES string of the molecule is N#Cc1c(-n2c3c(c4cc5c(cc42)c2ccccc2n5-c2ccccc2)CCC=C3)cc(-c2ccccc2)cc1-n1c2ccccc2c2cc3c(cc21)c1ccccc1n3-c1ccccc1. The summed E-state index contributed by atoms with van der Waals surface area (Å²) in [6, 6.07) is 74.8. The molecule has 1 aliphatic carbocycles. The van der Waals surface area contributed by atoms with E-state index < -0.39 is 0 Å². The summed E-state index contributed by atoms with van der Waals surface area (Å²) in [4.78, 5) is 0. The number of fused-ring (bicyclic) bond motifs is 12. The molecule has 0 saturated heterocycles. The fraction of sp³-hybridized carbons (Fsp3) is 0.0328. The Morgan fingerprint density at radius 1 is 0.364 bits per heavy atom. The zero-order valence-corrected chi connectivity index (χ0v) is 35.9. The number of nitriles is 1. The van der Waals surface area contributed by atoms with Crippen molar-refractivity contribution in [2.24, 2.45) is 0 Å². The summed E-state index contributed by atoms with van der Waals surface area (Å²) in [5, 5.41) is 20.0. The number of nitrogens with zero attached hydrogens (tertiary/aromatic N) is 5. The number of allylic oxidation sites excluding steroid dienone is 1. The van der Waals surface area contributed by atoms with Crippen LogP contribution in [0, 0.1) is 11.3 Å². The minimum absolute atomic E-state index is 0.620. The molecule has 0 spiro atoms. The third-order valence-corrected chi connectivity index (χ3v) is 14.0. The van der Waals surface area contributed by atoms with Crippen molar-refractivity contribution < 1.29 is 0 Å². The van der Waals surface area contributed by atoms with Crippen LogP contribution in [0.5, 0.6) is 0 Å². The van der Waals surface area contributed by atoms with Gasteiger partial charge in [0.2, 0.25) is 0 Å². The molecule has 5 heteroatoms. The Bertz CT molecular complexity index is 4210. The lowest BCUT2D eigenvalue weighted by Crippen LogP contribution is -2.07. The van der Waals surface area contributed by atoms with Gasteiger partial charge in [-0.05, 0) is 114 Å². The van der Waals surface area contributed by atoms with Crippen LogP contribution in [0.3, 0.4) is 0 Å². The Morgan fingerprint density at radius 3 is 1.32 bits per heavy atom. The fourth-order valence-corrected chi connectivity index (χ4v) is 11.2. The summed E-state index contributed by atoms with van der Waals surface area (Å²) < 4.78 is 9.53. The first-order valence-corrected chi connectivity index (χ1v) is 22.7. The third kappa shape index (κ3) is 5.15. The van der Waals surface area contributed by atoms with E-state index in [2.05, 4.69) is 237 Å². The van der Waals surface area contributed by atoms with E-state index in [1.807, 2.05) is 0 Å². The Morgan fingerprint density at radius 2 is 0.788 bits per heavy atom. The first-order valence-electron chi connectivity index (χ1n) is 22.7.